The predicted molar refractivity (Wildman–Crippen MR) is 93.7 cm³/mol. The van der Waals surface area contributed by atoms with E-state index in [1.807, 2.05) is 0 Å². The number of aromatic nitrogens is 4. The summed E-state index contributed by atoms with van der Waals surface area (Å²) in [5, 5.41) is 14.0. The second-order valence-corrected chi connectivity index (χ2v) is 6.07. The van der Waals surface area contributed by atoms with Gasteiger partial charge in [0.2, 0.25) is 5.91 Å². The first kappa shape index (κ1) is 17.7. The van der Waals surface area contributed by atoms with Crippen LogP contribution in [0.25, 0.3) is 0 Å². The zero-order valence-electron chi connectivity index (χ0n) is 14.1. The van der Waals surface area contributed by atoms with Crippen molar-refractivity contribution >= 4 is 29.1 Å². The zero-order valence-corrected chi connectivity index (χ0v) is 14.9. The van der Waals surface area contributed by atoms with Crippen molar-refractivity contribution in [2.45, 2.75) is 19.5 Å². The van der Waals surface area contributed by atoms with E-state index in [4.69, 9.17) is 16.0 Å². The van der Waals surface area contributed by atoms with Gasteiger partial charge in [0.05, 0.1) is 29.7 Å². The van der Waals surface area contributed by atoms with Gasteiger partial charge in [0.1, 0.15) is 11.8 Å². The van der Waals surface area contributed by atoms with Crippen LogP contribution in [-0.2, 0) is 18.4 Å². The van der Waals surface area contributed by atoms with Crippen LogP contribution in [0.3, 0.4) is 0 Å². The van der Waals surface area contributed by atoms with Gasteiger partial charge in [-0.2, -0.15) is 10.2 Å². The lowest BCUT2D eigenvalue weighted by Crippen LogP contribution is -2.27. The summed E-state index contributed by atoms with van der Waals surface area (Å²) >= 11 is 5.83. The van der Waals surface area contributed by atoms with Crippen LogP contribution in [0.2, 0.25) is 5.02 Å². The van der Waals surface area contributed by atoms with Crippen LogP contribution in [0.5, 0.6) is 0 Å². The van der Waals surface area contributed by atoms with Crippen LogP contribution in [-0.4, -0.2) is 31.4 Å². The van der Waals surface area contributed by atoms with Crippen molar-refractivity contribution in [3.8, 4) is 0 Å². The van der Waals surface area contributed by atoms with Gasteiger partial charge in [0, 0.05) is 19.4 Å². The van der Waals surface area contributed by atoms with Gasteiger partial charge in [-0.3, -0.25) is 19.0 Å². The molecule has 0 aliphatic carbocycles. The molecule has 1 unspecified atom stereocenters. The van der Waals surface area contributed by atoms with Crippen molar-refractivity contribution in [3.63, 3.8) is 0 Å². The molecule has 0 spiro atoms. The van der Waals surface area contributed by atoms with E-state index in [1.165, 1.54) is 21.8 Å². The van der Waals surface area contributed by atoms with Crippen molar-refractivity contribution in [3.05, 3.63) is 53.5 Å². The molecule has 3 aromatic heterocycles. The molecule has 1 atom stereocenters. The molecular weight excluding hydrogens is 360 g/mol. The Hall–Kier alpha value is -3.07. The Morgan fingerprint density at radius 2 is 2.19 bits per heavy atom. The molecule has 3 aromatic rings. The first-order chi connectivity index (χ1) is 12.4. The minimum atomic E-state index is -0.610. The molecule has 2 N–H and O–H groups in total. The van der Waals surface area contributed by atoms with Crippen LogP contribution in [0.1, 0.15) is 29.2 Å². The molecule has 10 heteroatoms. The number of hydrogen-bond acceptors (Lipinski definition) is 5. The number of carbonyl (C=O) groups excluding carboxylic acids is 2. The molecule has 0 bridgehead atoms. The number of halogens is 1. The first-order valence-corrected chi connectivity index (χ1v) is 8.16. The van der Waals surface area contributed by atoms with Crippen LogP contribution in [0.15, 0.2) is 41.4 Å². The normalized spacial score (nSPS) is 12.0. The van der Waals surface area contributed by atoms with Crippen molar-refractivity contribution in [2.24, 2.45) is 7.05 Å². The molecule has 0 saturated carbocycles. The fourth-order valence-corrected chi connectivity index (χ4v) is 2.44. The Bertz CT molecular complexity index is 914. The topological polar surface area (TPSA) is 107 Å². The van der Waals surface area contributed by atoms with Gasteiger partial charge in [0.25, 0.3) is 5.91 Å². The monoisotopic (exact) mass is 376 g/mol. The average molecular weight is 377 g/mol. The van der Waals surface area contributed by atoms with E-state index in [1.54, 1.807) is 38.5 Å². The lowest BCUT2D eigenvalue weighted by molar-refractivity contribution is -0.119. The number of nitrogens with zero attached hydrogens (tertiary/aromatic N) is 4. The number of hydrogen-bond donors (Lipinski definition) is 2. The number of anilines is 1. The molecule has 3 rings (SSSR count). The van der Waals surface area contributed by atoms with Crippen LogP contribution in [0, 0.1) is 0 Å². The van der Waals surface area contributed by atoms with Gasteiger partial charge < -0.3 is 15.1 Å². The maximum absolute atomic E-state index is 12.5. The molecule has 26 heavy (non-hydrogen) atoms. The summed E-state index contributed by atoms with van der Waals surface area (Å²) in [6, 6.07) is 2.87. The highest BCUT2D eigenvalue weighted by Gasteiger charge is 2.22. The third kappa shape index (κ3) is 3.94. The summed E-state index contributed by atoms with van der Waals surface area (Å²) in [7, 11) is 1.66. The lowest BCUT2D eigenvalue weighted by Gasteiger charge is -2.12. The fourth-order valence-electron chi connectivity index (χ4n) is 2.30. The number of rotatable bonds is 6. The molecule has 3 heterocycles. The molecule has 2 amide bonds. The molecule has 0 saturated heterocycles. The third-order valence-corrected chi connectivity index (χ3v) is 3.85. The van der Waals surface area contributed by atoms with Gasteiger partial charge in [-0.1, -0.05) is 11.6 Å². The number of nitrogens with one attached hydrogen (secondary N) is 2. The number of amides is 2. The Morgan fingerprint density at radius 1 is 1.38 bits per heavy atom. The number of furan rings is 1. The van der Waals surface area contributed by atoms with Crippen molar-refractivity contribution < 1.29 is 14.0 Å². The average Bonchev–Trinajstić information content (AvgIpc) is 3.33. The summed E-state index contributed by atoms with van der Waals surface area (Å²) in [5.41, 5.74) is 0.414. The van der Waals surface area contributed by atoms with Crippen molar-refractivity contribution in [2.75, 3.05) is 5.32 Å². The van der Waals surface area contributed by atoms with E-state index in [9.17, 15) is 9.59 Å². The molecule has 136 valence electrons. The predicted octanol–water partition coefficient (Wildman–Crippen LogP) is 1.99. The summed E-state index contributed by atoms with van der Waals surface area (Å²) in [6.07, 6.45) is 6.08. The summed E-state index contributed by atoms with van der Waals surface area (Å²) in [5.74, 6) is -0.158. The van der Waals surface area contributed by atoms with Gasteiger partial charge in [0.15, 0.2) is 5.69 Å². The molecule has 0 radical (unpaired) electrons. The highest BCUT2D eigenvalue weighted by molar-refractivity contribution is 6.30. The molecular formula is C16H17ClN6O3. The first-order valence-electron chi connectivity index (χ1n) is 7.79. The molecule has 0 aromatic carbocycles. The van der Waals surface area contributed by atoms with E-state index < -0.39 is 11.9 Å². The summed E-state index contributed by atoms with van der Waals surface area (Å²) in [6.45, 7) is 1.89. The SMILES string of the molecule is CC(C(=O)Nc1cn(C)nc1C(=O)NCc1ccco1)n1cc(Cl)cn1. The van der Waals surface area contributed by atoms with E-state index >= 15 is 0 Å². The second kappa shape index (κ2) is 7.44. The Balaban J connectivity index is 1.70. The Morgan fingerprint density at radius 3 is 2.85 bits per heavy atom. The van der Waals surface area contributed by atoms with Crippen molar-refractivity contribution in [1.29, 1.82) is 0 Å². The summed E-state index contributed by atoms with van der Waals surface area (Å²) in [4.78, 5) is 24.8. The zero-order chi connectivity index (χ0) is 18.7. The smallest absolute Gasteiger partial charge is 0.274 e. The largest absolute Gasteiger partial charge is 0.467 e. The highest BCUT2D eigenvalue weighted by Crippen LogP contribution is 2.17. The third-order valence-electron chi connectivity index (χ3n) is 3.65. The molecule has 0 fully saturated rings. The van der Waals surface area contributed by atoms with Crippen LogP contribution in [0.4, 0.5) is 5.69 Å². The van der Waals surface area contributed by atoms with E-state index in [0.717, 1.165) is 0 Å². The standard InChI is InChI=1S/C16H17ClN6O3/c1-10(23-8-11(17)6-19-23)15(24)20-13-9-22(2)21-14(13)16(25)18-7-12-4-3-5-26-12/h3-6,8-10H,7H2,1-2H3,(H,18,25)(H,20,24). The van der Waals surface area contributed by atoms with Gasteiger partial charge in [-0.25, -0.2) is 0 Å². The Kier molecular flexibility index (Phi) is 5.08. The maximum atomic E-state index is 12.5. The van der Waals surface area contributed by atoms with E-state index in [0.29, 0.717) is 16.5 Å². The van der Waals surface area contributed by atoms with Gasteiger partial charge >= 0.3 is 0 Å². The van der Waals surface area contributed by atoms with E-state index in [-0.39, 0.29) is 18.1 Å². The Labute approximate surface area is 153 Å². The summed E-state index contributed by atoms with van der Waals surface area (Å²) < 4.78 is 8.06. The fraction of sp³-hybridized carbons (Fsp3) is 0.250. The van der Waals surface area contributed by atoms with E-state index in [2.05, 4.69) is 20.8 Å². The minimum Gasteiger partial charge on any atom is -0.467 e. The molecule has 9 nitrogen and oxygen atoms in total. The van der Waals surface area contributed by atoms with Crippen molar-refractivity contribution in [1.82, 2.24) is 24.9 Å². The minimum absolute atomic E-state index is 0.109. The van der Waals surface area contributed by atoms with Crippen LogP contribution < -0.4 is 10.6 Å². The van der Waals surface area contributed by atoms with Crippen LogP contribution >= 0.6 is 11.6 Å². The number of carbonyl (C=O) groups is 2. The molecule has 0 aliphatic rings. The number of aryl methyl sites for hydroxylation is 1. The highest BCUT2D eigenvalue weighted by atomic mass is 35.5. The lowest BCUT2D eigenvalue weighted by atomic mass is 10.3. The molecule has 0 aliphatic heterocycles. The maximum Gasteiger partial charge on any atom is 0.274 e. The second-order valence-electron chi connectivity index (χ2n) is 5.63. The van der Waals surface area contributed by atoms with Gasteiger partial charge in [-0.15, -0.1) is 0 Å². The van der Waals surface area contributed by atoms with Gasteiger partial charge in [-0.05, 0) is 19.1 Å². The quantitative estimate of drug-likeness (QED) is 0.684.